The van der Waals surface area contributed by atoms with E-state index in [0.717, 1.165) is 0 Å². The van der Waals surface area contributed by atoms with E-state index in [-0.39, 0.29) is 5.78 Å². The Kier molecular flexibility index (Phi) is 3.64. The van der Waals surface area contributed by atoms with Gasteiger partial charge in [0.25, 0.3) is 0 Å². The van der Waals surface area contributed by atoms with Crippen LogP contribution in [0.1, 0.15) is 10.5 Å². The van der Waals surface area contributed by atoms with E-state index in [0.29, 0.717) is 21.5 Å². The second kappa shape index (κ2) is 5.18. The van der Waals surface area contributed by atoms with Crippen molar-refractivity contribution in [2.45, 2.75) is 5.03 Å². The Morgan fingerprint density at radius 2 is 2.31 bits per heavy atom. The molecule has 16 heavy (non-hydrogen) atoms. The van der Waals surface area contributed by atoms with Crippen LogP contribution >= 0.6 is 23.4 Å². The molecule has 0 saturated heterocycles. The Morgan fingerprint density at radius 1 is 1.44 bits per heavy atom. The highest BCUT2D eigenvalue weighted by Crippen LogP contribution is 2.24. The lowest BCUT2D eigenvalue weighted by atomic mass is 10.3. The van der Waals surface area contributed by atoms with Gasteiger partial charge in [-0.3, -0.25) is 4.79 Å². The summed E-state index contributed by atoms with van der Waals surface area (Å²) in [5.41, 5.74) is 0.611. The molecule has 0 aliphatic carbocycles. The number of nitrogens with zero attached hydrogens (tertiary/aromatic N) is 1. The summed E-state index contributed by atoms with van der Waals surface area (Å²) in [6, 6.07) is 7.07. The molecule has 0 unspecified atom stereocenters. The number of hydrogen-bond acceptors (Lipinski definition) is 3. The fourth-order valence-electron chi connectivity index (χ4n) is 1.19. The van der Waals surface area contributed by atoms with Crippen molar-refractivity contribution in [3.63, 3.8) is 0 Å². The minimum absolute atomic E-state index is 0.0386. The Labute approximate surface area is 102 Å². The third kappa shape index (κ3) is 2.65. The van der Waals surface area contributed by atoms with Crippen molar-refractivity contribution in [3.05, 3.63) is 47.4 Å². The summed E-state index contributed by atoms with van der Waals surface area (Å²) in [5.74, 6) is 0.369. The third-order valence-electron chi connectivity index (χ3n) is 1.96. The fraction of sp³-hybridized carbons (Fsp3) is 0.0909. The van der Waals surface area contributed by atoms with Crippen LogP contribution < -0.4 is 0 Å². The van der Waals surface area contributed by atoms with E-state index in [4.69, 9.17) is 11.6 Å². The number of carbonyl (C=O) groups excluding carboxylic acids is 1. The highest BCUT2D eigenvalue weighted by Gasteiger charge is 2.09. The Bertz CT molecular complexity index is 484. The first-order valence-electron chi connectivity index (χ1n) is 4.67. The fourth-order valence-corrected chi connectivity index (χ4v) is 2.24. The molecule has 0 fully saturated rings. The van der Waals surface area contributed by atoms with Crippen molar-refractivity contribution in [3.8, 4) is 0 Å². The van der Waals surface area contributed by atoms with Gasteiger partial charge < -0.3 is 4.98 Å². The highest BCUT2D eigenvalue weighted by molar-refractivity contribution is 8.00. The van der Waals surface area contributed by atoms with Crippen molar-refractivity contribution in [2.75, 3.05) is 5.75 Å². The number of thioether (sulfide) groups is 1. The molecule has 2 heterocycles. The van der Waals surface area contributed by atoms with Gasteiger partial charge in [-0.2, -0.15) is 0 Å². The number of H-pyrrole nitrogens is 1. The lowest BCUT2D eigenvalue weighted by Crippen LogP contribution is -2.02. The smallest absolute Gasteiger partial charge is 0.189 e. The summed E-state index contributed by atoms with van der Waals surface area (Å²) < 4.78 is 0. The minimum Gasteiger partial charge on any atom is -0.359 e. The number of pyridine rings is 1. The number of ketones is 1. The maximum Gasteiger partial charge on any atom is 0.189 e. The predicted molar refractivity (Wildman–Crippen MR) is 65.1 cm³/mol. The van der Waals surface area contributed by atoms with Gasteiger partial charge in [0.15, 0.2) is 5.78 Å². The second-order valence-corrected chi connectivity index (χ2v) is 4.46. The number of aromatic nitrogens is 2. The van der Waals surface area contributed by atoms with Crippen LogP contribution in [0.3, 0.4) is 0 Å². The topological polar surface area (TPSA) is 45.8 Å². The molecule has 1 N–H and O–H groups in total. The molecule has 0 radical (unpaired) electrons. The molecule has 0 aliphatic heterocycles. The van der Waals surface area contributed by atoms with Crippen molar-refractivity contribution < 1.29 is 4.79 Å². The average molecular weight is 253 g/mol. The van der Waals surface area contributed by atoms with Crippen LogP contribution in [0.4, 0.5) is 0 Å². The number of nitrogens with one attached hydrogen (secondary N) is 1. The van der Waals surface area contributed by atoms with Crippen LogP contribution in [0.25, 0.3) is 0 Å². The number of aromatic amines is 1. The number of hydrogen-bond donors (Lipinski definition) is 1. The largest absolute Gasteiger partial charge is 0.359 e. The molecule has 0 atom stereocenters. The van der Waals surface area contributed by atoms with Crippen LogP contribution in [-0.2, 0) is 0 Å². The number of carbonyl (C=O) groups is 1. The summed E-state index contributed by atoms with van der Waals surface area (Å²) in [4.78, 5) is 18.6. The van der Waals surface area contributed by atoms with Gasteiger partial charge in [-0.25, -0.2) is 4.98 Å². The SMILES string of the molecule is O=C(CSc1ncccc1Cl)c1ccc[nH]1. The molecule has 0 amide bonds. The first-order valence-corrected chi connectivity index (χ1v) is 6.03. The van der Waals surface area contributed by atoms with Crippen molar-refractivity contribution >= 4 is 29.1 Å². The van der Waals surface area contributed by atoms with Gasteiger partial charge in [0.1, 0.15) is 5.03 Å². The zero-order chi connectivity index (χ0) is 11.4. The maximum absolute atomic E-state index is 11.7. The van der Waals surface area contributed by atoms with E-state index >= 15 is 0 Å². The summed E-state index contributed by atoms with van der Waals surface area (Å²) in [6.45, 7) is 0. The number of rotatable bonds is 4. The van der Waals surface area contributed by atoms with Crippen LogP contribution in [0.2, 0.25) is 5.02 Å². The van der Waals surface area contributed by atoms with Gasteiger partial charge in [0.2, 0.25) is 0 Å². The molecule has 2 aromatic heterocycles. The van der Waals surface area contributed by atoms with Gasteiger partial charge >= 0.3 is 0 Å². The molecule has 2 aromatic rings. The molecule has 0 aliphatic rings. The molecule has 0 aromatic carbocycles. The molecule has 0 saturated carbocycles. The summed E-state index contributed by atoms with van der Waals surface area (Å²) in [5, 5.41) is 1.26. The van der Waals surface area contributed by atoms with E-state index in [9.17, 15) is 4.79 Å². The van der Waals surface area contributed by atoms with Crippen LogP contribution in [0.5, 0.6) is 0 Å². The predicted octanol–water partition coefficient (Wildman–Crippen LogP) is 3.04. The lowest BCUT2D eigenvalue weighted by Gasteiger charge is -2.01. The number of halogens is 1. The first kappa shape index (κ1) is 11.2. The van der Waals surface area contributed by atoms with Crippen molar-refractivity contribution in [2.24, 2.45) is 0 Å². The molecule has 0 bridgehead atoms. The van der Waals surface area contributed by atoms with E-state index in [1.807, 2.05) is 0 Å². The maximum atomic E-state index is 11.7. The van der Waals surface area contributed by atoms with E-state index in [1.54, 1.807) is 36.7 Å². The van der Waals surface area contributed by atoms with Crippen molar-refractivity contribution in [1.82, 2.24) is 9.97 Å². The highest BCUT2D eigenvalue weighted by atomic mass is 35.5. The van der Waals surface area contributed by atoms with E-state index < -0.39 is 0 Å². The van der Waals surface area contributed by atoms with Crippen molar-refractivity contribution in [1.29, 1.82) is 0 Å². The summed E-state index contributed by atoms with van der Waals surface area (Å²) >= 11 is 7.27. The Hall–Kier alpha value is -1.26. The molecule has 82 valence electrons. The van der Waals surface area contributed by atoms with Gasteiger partial charge in [-0.1, -0.05) is 23.4 Å². The van der Waals surface area contributed by atoms with E-state index in [2.05, 4.69) is 9.97 Å². The zero-order valence-corrected chi connectivity index (χ0v) is 9.89. The molecule has 5 heteroatoms. The summed E-state index contributed by atoms with van der Waals surface area (Å²) in [7, 11) is 0. The molecule has 2 rings (SSSR count). The van der Waals surface area contributed by atoms with E-state index in [1.165, 1.54) is 11.8 Å². The summed E-state index contributed by atoms with van der Waals surface area (Å²) in [6.07, 6.45) is 3.39. The van der Waals surface area contributed by atoms with Gasteiger partial charge in [-0.15, -0.1) is 0 Å². The van der Waals surface area contributed by atoms with Gasteiger partial charge in [0, 0.05) is 12.4 Å². The third-order valence-corrected chi connectivity index (χ3v) is 3.39. The second-order valence-electron chi connectivity index (χ2n) is 3.09. The quantitative estimate of drug-likeness (QED) is 0.672. The van der Waals surface area contributed by atoms with Gasteiger partial charge in [0.05, 0.1) is 16.5 Å². The normalized spacial score (nSPS) is 10.3. The van der Waals surface area contributed by atoms with Crippen LogP contribution in [-0.4, -0.2) is 21.5 Å². The zero-order valence-electron chi connectivity index (χ0n) is 8.31. The van der Waals surface area contributed by atoms with Gasteiger partial charge in [-0.05, 0) is 24.3 Å². The molecular weight excluding hydrogens is 244 g/mol. The standard InChI is InChI=1S/C11H9ClN2OS/c12-8-3-1-6-14-11(8)16-7-10(15)9-4-2-5-13-9/h1-6,13H,7H2. The minimum atomic E-state index is 0.0386. The molecule has 0 spiro atoms. The Morgan fingerprint density at radius 3 is 3.00 bits per heavy atom. The molecular formula is C11H9ClN2OS. The monoisotopic (exact) mass is 252 g/mol. The number of Topliss-reactive ketones (excluding diaryl/α,β-unsaturated/α-hetero) is 1. The first-order chi connectivity index (χ1) is 7.77. The Balaban J connectivity index is 1.98. The lowest BCUT2D eigenvalue weighted by molar-refractivity contribution is 0.101. The van der Waals surface area contributed by atoms with Crippen LogP contribution in [0.15, 0.2) is 41.7 Å². The average Bonchev–Trinajstić information content (AvgIpc) is 2.81. The van der Waals surface area contributed by atoms with Crippen LogP contribution in [0, 0.1) is 0 Å². The molecule has 3 nitrogen and oxygen atoms in total.